The van der Waals surface area contributed by atoms with E-state index < -0.39 is 0 Å². The number of ether oxygens (including phenoxy) is 2. The van der Waals surface area contributed by atoms with E-state index in [9.17, 15) is 4.79 Å². The van der Waals surface area contributed by atoms with Crippen molar-refractivity contribution in [1.82, 2.24) is 15.6 Å². The highest BCUT2D eigenvalue weighted by Crippen LogP contribution is 2.28. The molecule has 3 aromatic rings. The van der Waals surface area contributed by atoms with Crippen LogP contribution in [0.25, 0.3) is 0 Å². The van der Waals surface area contributed by atoms with Crippen LogP contribution in [0, 0.1) is 6.92 Å². The fourth-order valence-electron chi connectivity index (χ4n) is 2.38. The second-order valence-corrected chi connectivity index (χ2v) is 5.82. The van der Waals surface area contributed by atoms with E-state index in [0.29, 0.717) is 18.1 Å². The Morgan fingerprint density at radius 1 is 1.19 bits per heavy atom. The van der Waals surface area contributed by atoms with Crippen molar-refractivity contribution in [2.24, 2.45) is 5.10 Å². The van der Waals surface area contributed by atoms with Crippen LogP contribution in [0.4, 0.5) is 0 Å². The Morgan fingerprint density at radius 3 is 2.70 bits per heavy atom. The summed E-state index contributed by atoms with van der Waals surface area (Å²) < 4.78 is 11.2. The van der Waals surface area contributed by atoms with Gasteiger partial charge in [0, 0.05) is 5.69 Å². The van der Waals surface area contributed by atoms with Crippen LogP contribution in [0.1, 0.15) is 27.3 Å². The van der Waals surface area contributed by atoms with Crippen LogP contribution >= 0.6 is 0 Å². The van der Waals surface area contributed by atoms with Crippen LogP contribution < -0.4 is 14.9 Å². The Morgan fingerprint density at radius 2 is 2.00 bits per heavy atom. The van der Waals surface area contributed by atoms with Gasteiger partial charge in [-0.3, -0.25) is 9.89 Å². The number of nitrogens with one attached hydrogen (secondary N) is 2. The standard InChI is InChI=1S/C20H20N4O3/c1-14-10-17(23-22-14)20(25)24-21-12-16-8-9-18(19(11-16)26-2)27-13-15-6-4-3-5-7-15/h3-12H,13H2,1-2H3,(H,22,23)(H,24,25)/b21-12-. The molecule has 1 amide bonds. The molecule has 0 spiro atoms. The monoisotopic (exact) mass is 364 g/mol. The Bertz CT molecular complexity index is 935. The lowest BCUT2D eigenvalue weighted by molar-refractivity contribution is 0.0950. The van der Waals surface area contributed by atoms with Crippen molar-refractivity contribution in [3.8, 4) is 11.5 Å². The minimum absolute atomic E-state index is 0.284. The quantitative estimate of drug-likeness (QED) is 0.498. The third kappa shape index (κ3) is 4.94. The number of carbonyl (C=O) groups is 1. The largest absolute Gasteiger partial charge is 0.493 e. The molecular formula is C20H20N4O3. The number of benzene rings is 2. The maximum Gasteiger partial charge on any atom is 0.291 e. The molecule has 7 nitrogen and oxygen atoms in total. The van der Waals surface area contributed by atoms with Gasteiger partial charge in [0.1, 0.15) is 6.61 Å². The number of aromatic amines is 1. The number of H-pyrrole nitrogens is 1. The minimum Gasteiger partial charge on any atom is -0.493 e. The van der Waals surface area contributed by atoms with E-state index in [0.717, 1.165) is 16.8 Å². The van der Waals surface area contributed by atoms with Crippen molar-refractivity contribution >= 4 is 12.1 Å². The van der Waals surface area contributed by atoms with Gasteiger partial charge in [-0.15, -0.1) is 0 Å². The van der Waals surface area contributed by atoms with Crippen molar-refractivity contribution in [2.75, 3.05) is 7.11 Å². The number of rotatable bonds is 7. The Kier molecular flexibility index (Phi) is 5.84. The van der Waals surface area contributed by atoms with Crippen LogP contribution in [0.3, 0.4) is 0 Å². The highest BCUT2D eigenvalue weighted by Gasteiger charge is 2.08. The summed E-state index contributed by atoms with van der Waals surface area (Å²) in [6, 6.07) is 17.0. The number of hydrogen-bond donors (Lipinski definition) is 2. The van der Waals surface area contributed by atoms with E-state index in [1.807, 2.05) is 49.4 Å². The van der Waals surface area contributed by atoms with Gasteiger partial charge in [0.2, 0.25) is 0 Å². The van der Waals surface area contributed by atoms with Crippen LogP contribution in [-0.2, 0) is 6.61 Å². The number of hydrogen-bond acceptors (Lipinski definition) is 5. The number of carbonyl (C=O) groups excluding carboxylic acids is 1. The first kappa shape index (κ1) is 18.2. The molecule has 7 heteroatoms. The molecule has 0 aliphatic rings. The van der Waals surface area contributed by atoms with Gasteiger partial charge in [0.15, 0.2) is 17.2 Å². The molecule has 0 radical (unpaired) electrons. The van der Waals surface area contributed by atoms with Crippen molar-refractivity contribution in [3.63, 3.8) is 0 Å². The van der Waals surface area contributed by atoms with E-state index in [4.69, 9.17) is 9.47 Å². The molecule has 2 aromatic carbocycles. The van der Waals surface area contributed by atoms with Gasteiger partial charge < -0.3 is 9.47 Å². The lowest BCUT2D eigenvalue weighted by Gasteiger charge is -2.11. The van der Waals surface area contributed by atoms with E-state index in [1.54, 1.807) is 19.2 Å². The molecule has 2 N–H and O–H groups in total. The molecule has 0 atom stereocenters. The summed E-state index contributed by atoms with van der Waals surface area (Å²) >= 11 is 0. The van der Waals surface area contributed by atoms with Gasteiger partial charge in [-0.25, -0.2) is 5.43 Å². The fraction of sp³-hybridized carbons (Fsp3) is 0.150. The van der Waals surface area contributed by atoms with E-state index >= 15 is 0 Å². The molecule has 0 fully saturated rings. The predicted molar refractivity (Wildman–Crippen MR) is 102 cm³/mol. The van der Waals surface area contributed by atoms with Crippen molar-refractivity contribution in [3.05, 3.63) is 77.1 Å². The van der Waals surface area contributed by atoms with Gasteiger partial charge in [-0.2, -0.15) is 10.2 Å². The van der Waals surface area contributed by atoms with Crippen molar-refractivity contribution < 1.29 is 14.3 Å². The average molecular weight is 364 g/mol. The topological polar surface area (TPSA) is 88.6 Å². The maximum absolute atomic E-state index is 11.9. The first-order valence-corrected chi connectivity index (χ1v) is 8.36. The predicted octanol–water partition coefficient (Wildman–Crippen LogP) is 3.07. The summed E-state index contributed by atoms with van der Waals surface area (Å²) in [7, 11) is 1.58. The normalized spacial score (nSPS) is 10.7. The van der Waals surface area contributed by atoms with Crippen LogP contribution in [0.2, 0.25) is 0 Å². The second-order valence-electron chi connectivity index (χ2n) is 5.82. The first-order valence-electron chi connectivity index (χ1n) is 8.36. The highest BCUT2D eigenvalue weighted by molar-refractivity contribution is 5.93. The zero-order valence-corrected chi connectivity index (χ0v) is 15.1. The number of amides is 1. The first-order chi connectivity index (χ1) is 13.2. The molecule has 0 saturated heterocycles. The molecule has 1 aromatic heterocycles. The van der Waals surface area contributed by atoms with Gasteiger partial charge in [-0.05, 0) is 42.3 Å². The van der Waals surface area contributed by atoms with Crippen LogP contribution in [0.15, 0.2) is 59.7 Å². The zero-order valence-electron chi connectivity index (χ0n) is 15.1. The van der Waals surface area contributed by atoms with Gasteiger partial charge in [0.05, 0.1) is 13.3 Å². The summed E-state index contributed by atoms with van der Waals surface area (Å²) in [5, 5.41) is 10.5. The Labute approximate surface area is 157 Å². The van der Waals surface area contributed by atoms with Gasteiger partial charge in [-0.1, -0.05) is 30.3 Å². The lowest BCUT2D eigenvalue weighted by atomic mass is 10.2. The van der Waals surface area contributed by atoms with E-state index in [2.05, 4.69) is 20.7 Å². The van der Waals surface area contributed by atoms with E-state index in [-0.39, 0.29) is 11.6 Å². The molecule has 0 aliphatic carbocycles. The smallest absolute Gasteiger partial charge is 0.291 e. The molecule has 0 unspecified atom stereocenters. The van der Waals surface area contributed by atoms with Crippen molar-refractivity contribution in [2.45, 2.75) is 13.5 Å². The lowest BCUT2D eigenvalue weighted by Crippen LogP contribution is -2.18. The van der Waals surface area contributed by atoms with Crippen molar-refractivity contribution in [1.29, 1.82) is 0 Å². The van der Waals surface area contributed by atoms with Crippen LogP contribution in [-0.4, -0.2) is 29.4 Å². The molecule has 0 saturated carbocycles. The summed E-state index contributed by atoms with van der Waals surface area (Å²) in [5.74, 6) is 0.837. The summed E-state index contributed by atoms with van der Waals surface area (Å²) in [5.41, 5.74) is 5.36. The number of aromatic nitrogens is 2. The molecule has 3 rings (SSSR count). The fourth-order valence-corrected chi connectivity index (χ4v) is 2.38. The number of aryl methyl sites for hydroxylation is 1. The molecule has 0 aliphatic heterocycles. The SMILES string of the molecule is COc1cc(/C=N\NC(=O)c2cc(C)[nH]n2)ccc1OCc1ccccc1. The summed E-state index contributed by atoms with van der Waals surface area (Å²) in [6.45, 7) is 2.27. The highest BCUT2D eigenvalue weighted by atomic mass is 16.5. The molecular weight excluding hydrogens is 344 g/mol. The third-order valence-corrected chi connectivity index (χ3v) is 3.74. The molecule has 0 bridgehead atoms. The molecule has 1 heterocycles. The third-order valence-electron chi connectivity index (χ3n) is 3.74. The number of nitrogens with zero attached hydrogens (tertiary/aromatic N) is 2. The Hall–Kier alpha value is -3.61. The molecule has 138 valence electrons. The zero-order chi connectivity index (χ0) is 19.1. The summed E-state index contributed by atoms with van der Waals surface area (Å²) in [6.07, 6.45) is 1.53. The van der Waals surface area contributed by atoms with E-state index in [1.165, 1.54) is 6.21 Å². The average Bonchev–Trinajstić information content (AvgIpc) is 3.14. The second kappa shape index (κ2) is 8.66. The Balaban J connectivity index is 1.62. The number of methoxy groups -OCH3 is 1. The minimum atomic E-state index is -0.384. The maximum atomic E-state index is 11.9. The summed E-state index contributed by atoms with van der Waals surface area (Å²) in [4.78, 5) is 11.9. The molecule has 27 heavy (non-hydrogen) atoms. The van der Waals surface area contributed by atoms with Crippen LogP contribution in [0.5, 0.6) is 11.5 Å². The number of hydrazone groups is 1. The van der Waals surface area contributed by atoms with Gasteiger partial charge >= 0.3 is 0 Å². The van der Waals surface area contributed by atoms with Gasteiger partial charge in [0.25, 0.3) is 5.91 Å².